The number of hydrogen-bond acceptors (Lipinski definition) is 6. The van der Waals surface area contributed by atoms with Crippen molar-refractivity contribution in [1.82, 2.24) is 9.55 Å². The predicted molar refractivity (Wildman–Crippen MR) is 124 cm³/mol. The van der Waals surface area contributed by atoms with Gasteiger partial charge < -0.3 is 18.5 Å². The van der Waals surface area contributed by atoms with Gasteiger partial charge in [0.25, 0.3) is 0 Å². The third kappa shape index (κ3) is 3.96. The minimum absolute atomic E-state index is 0.0193. The van der Waals surface area contributed by atoms with Crippen LogP contribution in [0.1, 0.15) is 5.69 Å². The number of hydrogen-bond donors (Lipinski definition) is 0. The zero-order valence-corrected chi connectivity index (χ0v) is 17.9. The molecule has 5 rings (SSSR count). The lowest BCUT2D eigenvalue weighted by Gasteiger charge is -2.14. The summed E-state index contributed by atoms with van der Waals surface area (Å²) in [6.07, 6.45) is 1.47. The van der Waals surface area contributed by atoms with Crippen LogP contribution in [-0.4, -0.2) is 22.6 Å². The van der Waals surface area contributed by atoms with E-state index in [1.54, 1.807) is 23.8 Å². The quantitative estimate of drug-likeness (QED) is 0.284. The van der Waals surface area contributed by atoms with Gasteiger partial charge in [-0.15, -0.1) is 0 Å². The van der Waals surface area contributed by atoms with Crippen LogP contribution >= 0.6 is 0 Å². The van der Waals surface area contributed by atoms with E-state index < -0.39 is 5.97 Å². The number of para-hydroxylation sites is 2. The van der Waals surface area contributed by atoms with Gasteiger partial charge in [0.2, 0.25) is 5.89 Å². The van der Waals surface area contributed by atoms with Crippen molar-refractivity contribution in [3.63, 3.8) is 0 Å². The number of carbonyl (C=O) groups is 1. The van der Waals surface area contributed by atoms with Gasteiger partial charge in [0.05, 0.1) is 18.1 Å². The molecule has 0 N–H and O–H groups in total. The monoisotopic (exact) mass is 440 g/mol. The molecular weight excluding hydrogens is 420 g/mol. The van der Waals surface area contributed by atoms with Gasteiger partial charge in [-0.05, 0) is 48.5 Å². The van der Waals surface area contributed by atoms with E-state index in [9.17, 15) is 9.59 Å². The van der Waals surface area contributed by atoms with E-state index in [0.29, 0.717) is 33.4 Å². The van der Waals surface area contributed by atoms with Crippen LogP contribution in [0.15, 0.2) is 88.3 Å². The first-order valence-corrected chi connectivity index (χ1v) is 10.4. The highest BCUT2D eigenvalue weighted by atomic mass is 16.5. The maximum atomic E-state index is 12.8. The third-order valence-corrected chi connectivity index (χ3v) is 5.44. The lowest BCUT2D eigenvalue weighted by atomic mass is 10.1. The highest BCUT2D eigenvalue weighted by Gasteiger charge is 2.15. The molecule has 0 aliphatic rings. The number of rotatable bonds is 6. The SMILES string of the molecule is COc1ccc(-c2nc(COC(=O)Cn3c4ccccc4c(=O)c4ccccc43)co2)cc1. The van der Waals surface area contributed by atoms with E-state index in [-0.39, 0.29) is 18.6 Å². The number of oxazole rings is 1. The molecule has 33 heavy (non-hydrogen) atoms. The number of ether oxygens (including phenoxy) is 2. The third-order valence-electron chi connectivity index (χ3n) is 5.44. The van der Waals surface area contributed by atoms with Crippen molar-refractivity contribution in [3.05, 3.63) is 95.0 Å². The number of pyridine rings is 1. The molecule has 0 unspecified atom stereocenters. The van der Waals surface area contributed by atoms with Crippen LogP contribution in [0.5, 0.6) is 5.75 Å². The Kier molecular flexibility index (Phi) is 5.36. The molecule has 164 valence electrons. The Morgan fingerprint density at radius 2 is 1.58 bits per heavy atom. The predicted octanol–water partition coefficient (Wildman–Crippen LogP) is 4.56. The molecule has 7 nitrogen and oxygen atoms in total. The van der Waals surface area contributed by atoms with E-state index in [0.717, 1.165) is 11.3 Å². The van der Waals surface area contributed by atoms with Crippen LogP contribution in [0.3, 0.4) is 0 Å². The second-order valence-electron chi connectivity index (χ2n) is 7.48. The first kappa shape index (κ1) is 20.5. The van der Waals surface area contributed by atoms with Gasteiger partial charge in [0.15, 0.2) is 5.43 Å². The summed E-state index contributed by atoms with van der Waals surface area (Å²) in [4.78, 5) is 29.9. The molecule has 0 amide bonds. The number of nitrogens with zero attached hydrogens (tertiary/aromatic N) is 2. The first-order chi connectivity index (χ1) is 16.1. The summed E-state index contributed by atoms with van der Waals surface area (Å²) in [5.41, 5.74) is 2.60. The minimum atomic E-state index is -0.442. The van der Waals surface area contributed by atoms with Crippen molar-refractivity contribution in [3.8, 4) is 17.2 Å². The fraction of sp³-hybridized carbons (Fsp3) is 0.115. The molecule has 7 heteroatoms. The molecule has 0 fully saturated rings. The maximum absolute atomic E-state index is 12.8. The minimum Gasteiger partial charge on any atom is -0.497 e. The summed E-state index contributed by atoms with van der Waals surface area (Å²) >= 11 is 0. The smallest absolute Gasteiger partial charge is 0.326 e. The Morgan fingerprint density at radius 1 is 0.939 bits per heavy atom. The highest BCUT2D eigenvalue weighted by molar-refractivity contribution is 5.94. The zero-order chi connectivity index (χ0) is 22.8. The number of aromatic nitrogens is 2. The second kappa shape index (κ2) is 8.63. The van der Waals surface area contributed by atoms with Crippen LogP contribution < -0.4 is 10.2 Å². The molecule has 0 radical (unpaired) electrons. The Balaban J connectivity index is 1.35. The Morgan fingerprint density at radius 3 is 2.21 bits per heavy atom. The van der Waals surface area contributed by atoms with Crippen molar-refractivity contribution in [1.29, 1.82) is 0 Å². The molecule has 0 bridgehead atoms. The Labute approximate surface area is 188 Å². The zero-order valence-electron chi connectivity index (χ0n) is 17.9. The van der Waals surface area contributed by atoms with Crippen molar-refractivity contribution in [2.24, 2.45) is 0 Å². The van der Waals surface area contributed by atoms with Crippen LogP contribution in [0, 0.1) is 0 Å². The number of esters is 1. The molecule has 0 aliphatic carbocycles. The molecule has 0 spiro atoms. The van der Waals surface area contributed by atoms with Gasteiger partial charge >= 0.3 is 5.97 Å². The second-order valence-corrected chi connectivity index (χ2v) is 7.48. The van der Waals surface area contributed by atoms with Crippen LogP contribution in [0.25, 0.3) is 33.3 Å². The van der Waals surface area contributed by atoms with E-state index in [4.69, 9.17) is 13.9 Å². The van der Waals surface area contributed by atoms with Crippen molar-refractivity contribution < 1.29 is 18.7 Å². The molecule has 2 aromatic heterocycles. The summed E-state index contributed by atoms with van der Waals surface area (Å²) in [6, 6.07) is 21.8. The lowest BCUT2D eigenvalue weighted by molar-refractivity contribution is -0.145. The Hall–Kier alpha value is -4.39. The molecular formula is C26H20N2O5. The van der Waals surface area contributed by atoms with Crippen molar-refractivity contribution in [2.75, 3.05) is 7.11 Å². The summed E-state index contributed by atoms with van der Waals surface area (Å²) in [5, 5.41) is 1.12. The van der Waals surface area contributed by atoms with Crippen LogP contribution in [0.2, 0.25) is 0 Å². The number of fused-ring (bicyclic) bond motifs is 2. The summed E-state index contributed by atoms with van der Waals surface area (Å²) in [5.74, 6) is 0.728. The van der Waals surface area contributed by atoms with Gasteiger partial charge in [0, 0.05) is 16.3 Å². The van der Waals surface area contributed by atoms with E-state index in [1.807, 2.05) is 60.7 Å². The summed E-state index contributed by atoms with van der Waals surface area (Å²) in [7, 11) is 1.60. The number of carbonyl (C=O) groups excluding carboxylic acids is 1. The maximum Gasteiger partial charge on any atom is 0.326 e. The van der Waals surface area contributed by atoms with Crippen molar-refractivity contribution >= 4 is 27.8 Å². The fourth-order valence-electron chi connectivity index (χ4n) is 3.82. The summed E-state index contributed by atoms with van der Waals surface area (Å²) in [6.45, 7) is -0.0565. The molecule has 2 heterocycles. The van der Waals surface area contributed by atoms with E-state index in [1.165, 1.54) is 6.26 Å². The lowest BCUT2D eigenvalue weighted by Crippen LogP contribution is -2.18. The summed E-state index contributed by atoms with van der Waals surface area (Å²) < 4.78 is 17.9. The topological polar surface area (TPSA) is 83.6 Å². The standard InChI is InChI=1S/C26H20N2O5/c1-31-19-12-10-17(11-13-19)26-27-18(16-33-26)15-32-24(29)14-28-22-8-4-2-6-20(22)25(30)21-7-3-5-9-23(21)28/h2-13,16H,14-15H2,1H3. The van der Waals surface area contributed by atoms with Crippen LogP contribution in [-0.2, 0) is 22.7 Å². The van der Waals surface area contributed by atoms with Gasteiger partial charge in [-0.3, -0.25) is 9.59 Å². The molecule has 0 saturated carbocycles. The van der Waals surface area contributed by atoms with Crippen LogP contribution in [0.4, 0.5) is 0 Å². The van der Waals surface area contributed by atoms with Gasteiger partial charge in [-0.2, -0.15) is 0 Å². The average molecular weight is 440 g/mol. The van der Waals surface area contributed by atoms with E-state index >= 15 is 0 Å². The Bertz CT molecular complexity index is 1460. The van der Waals surface area contributed by atoms with Gasteiger partial charge in [-0.1, -0.05) is 24.3 Å². The highest BCUT2D eigenvalue weighted by Crippen LogP contribution is 2.22. The largest absolute Gasteiger partial charge is 0.497 e. The van der Waals surface area contributed by atoms with Crippen molar-refractivity contribution in [2.45, 2.75) is 13.2 Å². The van der Waals surface area contributed by atoms with Gasteiger partial charge in [-0.25, -0.2) is 4.98 Å². The number of benzene rings is 3. The molecule has 0 aliphatic heterocycles. The molecule has 0 saturated heterocycles. The fourth-order valence-corrected chi connectivity index (χ4v) is 3.82. The average Bonchev–Trinajstić information content (AvgIpc) is 3.34. The molecule has 0 atom stereocenters. The van der Waals surface area contributed by atoms with E-state index in [2.05, 4.69) is 4.98 Å². The normalized spacial score (nSPS) is 11.1. The molecule has 5 aromatic rings. The molecule has 3 aromatic carbocycles. The first-order valence-electron chi connectivity index (χ1n) is 10.4. The number of methoxy groups -OCH3 is 1. The van der Waals surface area contributed by atoms with Gasteiger partial charge in [0.1, 0.15) is 30.9 Å².